The third-order valence-corrected chi connectivity index (χ3v) is 5.43. The van der Waals surface area contributed by atoms with Gasteiger partial charge in [-0.2, -0.15) is 5.26 Å². The SMILES string of the molecule is CCc1[nH]nc2c1C1(C(C#N)=C(N)O2)c2ccccc2-c2ccccc21. The van der Waals surface area contributed by atoms with Crippen LogP contribution in [-0.2, 0) is 11.8 Å². The van der Waals surface area contributed by atoms with E-state index in [1.165, 1.54) is 0 Å². The summed E-state index contributed by atoms with van der Waals surface area (Å²) in [5.41, 5.74) is 12.0. The summed E-state index contributed by atoms with van der Waals surface area (Å²) in [5.74, 6) is 0.561. The normalized spacial score (nSPS) is 15.8. The Morgan fingerprint density at radius 1 is 1.12 bits per heavy atom. The number of hydrogen-bond acceptors (Lipinski definition) is 4. The van der Waals surface area contributed by atoms with Crippen LogP contribution in [0.15, 0.2) is 60.0 Å². The number of nitrogens with one attached hydrogen (secondary N) is 1. The number of H-pyrrole nitrogens is 1. The molecule has 1 aromatic heterocycles. The lowest BCUT2D eigenvalue weighted by Crippen LogP contribution is -2.36. The third kappa shape index (κ3) is 1.52. The number of aromatic amines is 1. The molecule has 3 N–H and O–H groups in total. The first-order valence-corrected chi connectivity index (χ1v) is 8.58. The molecule has 0 unspecified atom stereocenters. The topological polar surface area (TPSA) is 87.7 Å². The Labute approximate surface area is 150 Å². The van der Waals surface area contributed by atoms with Crippen LogP contribution >= 0.6 is 0 Å². The van der Waals surface area contributed by atoms with Crippen LogP contribution in [-0.4, -0.2) is 10.2 Å². The van der Waals surface area contributed by atoms with Gasteiger partial charge in [-0.15, -0.1) is 5.10 Å². The molecular weight excluding hydrogens is 324 g/mol. The first kappa shape index (κ1) is 14.8. The maximum atomic E-state index is 10.1. The summed E-state index contributed by atoms with van der Waals surface area (Å²) in [5, 5.41) is 17.5. The summed E-state index contributed by atoms with van der Waals surface area (Å²) in [7, 11) is 0. The molecule has 1 spiro atoms. The first-order chi connectivity index (χ1) is 12.7. The number of ether oxygens (including phenoxy) is 1. The first-order valence-electron chi connectivity index (χ1n) is 8.58. The highest BCUT2D eigenvalue weighted by molar-refractivity contribution is 5.88. The average molecular weight is 340 g/mol. The fraction of sp³-hybridized carbons (Fsp3) is 0.143. The van der Waals surface area contributed by atoms with Crippen molar-refractivity contribution in [3.63, 3.8) is 0 Å². The Morgan fingerprint density at radius 2 is 1.73 bits per heavy atom. The van der Waals surface area contributed by atoms with Crippen molar-refractivity contribution in [1.29, 1.82) is 5.26 Å². The van der Waals surface area contributed by atoms with Crippen molar-refractivity contribution in [2.75, 3.05) is 0 Å². The fourth-order valence-electron chi connectivity index (χ4n) is 4.45. The molecule has 1 aliphatic heterocycles. The maximum absolute atomic E-state index is 10.1. The van der Waals surface area contributed by atoms with Crippen LogP contribution in [0.4, 0.5) is 0 Å². The lowest BCUT2D eigenvalue weighted by Gasteiger charge is -2.35. The number of benzene rings is 2. The Morgan fingerprint density at radius 3 is 2.31 bits per heavy atom. The predicted molar refractivity (Wildman–Crippen MR) is 97.2 cm³/mol. The molecule has 2 aliphatic rings. The van der Waals surface area contributed by atoms with Gasteiger partial charge in [0.1, 0.15) is 11.6 Å². The standard InChI is InChI=1S/C21H16N4O/c1-2-17-18-20(25-24-17)26-19(23)16(11-22)21(18)14-9-5-3-7-12(14)13-8-4-6-10-15(13)21/h3-10H,2,23H2,1H3,(H,24,25). The van der Waals surface area contributed by atoms with Gasteiger partial charge in [-0.3, -0.25) is 5.10 Å². The number of hydrogen-bond donors (Lipinski definition) is 2. The van der Waals surface area contributed by atoms with Crippen molar-refractivity contribution in [2.45, 2.75) is 18.8 Å². The zero-order chi connectivity index (χ0) is 17.9. The zero-order valence-electron chi connectivity index (χ0n) is 14.2. The number of nitriles is 1. The summed E-state index contributed by atoms with van der Waals surface area (Å²) in [6.07, 6.45) is 0.746. The van der Waals surface area contributed by atoms with Crippen LogP contribution in [0, 0.1) is 11.3 Å². The molecule has 126 valence electrons. The molecular formula is C21H16N4O. The minimum Gasteiger partial charge on any atom is -0.420 e. The molecule has 0 saturated carbocycles. The number of aromatic nitrogens is 2. The molecule has 0 saturated heterocycles. The van der Waals surface area contributed by atoms with Crippen LogP contribution in [0.25, 0.3) is 11.1 Å². The summed E-state index contributed by atoms with van der Waals surface area (Å²) in [6, 6.07) is 18.7. The fourth-order valence-corrected chi connectivity index (χ4v) is 4.45. The number of rotatable bonds is 1. The molecule has 0 fully saturated rings. The Hall–Kier alpha value is -3.52. The molecule has 2 aromatic carbocycles. The number of fused-ring (bicyclic) bond motifs is 7. The van der Waals surface area contributed by atoms with Crippen LogP contribution in [0.3, 0.4) is 0 Å². The molecule has 0 amide bonds. The predicted octanol–water partition coefficient (Wildman–Crippen LogP) is 3.37. The van der Waals surface area contributed by atoms with Gasteiger partial charge < -0.3 is 10.5 Å². The smallest absolute Gasteiger partial charge is 0.244 e. The molecule has 0 bridgehead atoms. The van der Waals surface area contributed by atoms with Gasteiger partial charge in [-0.25, -0.2) is 0 Å². The van der Waals surface area contributed by atoms with Crippen LogP contribution in [0.2, 0.25) is 0 Å². The monoisotopic (exact) mass is 340 g/mol. The van der Waals surface area contributed by atoms with E-state index in [9.17, 15) is 5.26 Å². The molecule has 5 rings (SSSR count). The van der Waals surface area contributed by atoms with Gasteiger partial charge in [-0.1, -0.05) is 55.5 Å². The number of allylic oxidation sites excluding steroid dienone is 1. The van der Waals surface area contributed by atoms with E-state index in [4.69, 9.17) is 10.5 Å². The van der Waals surface area contributed by atoms with Crippen molar-refractivity contribution in [2.24, 2.45) is 5.73 Å². The largest absolute Gasteiger partial charge is 0.420 e. The van der Waals surface area contributed by atoms with E-state index >= 15 is 0 Å². The third-order valence-electron chi connectivity index (χ3n) is 5.43. The van der Waals surface area contributed by atoms with Crippen LogP contribution in [0.1, 0.15) is 29.3 Å². The summed E-state index contributed by atoms with van der Waals surface area (Å²) in [6.45, 7) is 2.06. The highest BCUT2D eigenvalue weighted by Gasteiger charge is 2.54. The van der Waals surface area contributed by atoms with Crippen LogP contribution in [0.5, 0.6) is 5.88 Å². The molecule has 5 nitrogen and oxygen atoms in total. The van der Waals surface area contributed by atoms with Crippen molar-refractivity contribution in [3.8, 4) is 23.1 Å². The van der Waals surface area contributed by atoms with E-state index in [2.05, 4.69) is 47.5 Å². The maximum Gasteiger partial charge on any atom is 0.244 e. The molecule has 0 atom stereocenters. The molecule has 2 heterocycles. The van der Waals surface area contributed by atoms with E-state index in [1.54, 1.807) is 0 Å². The second-order valence-electron chi connectivity index (χ2n) is 6.53. The molecule has 26 heavy (non-hydrogen) atoms. The summed E-state index contributed by atoms with van der Waals surface area (Å²) < 4.78 is 5.73. The summed E-state index contributed by atoms with van der Waals surface area (Å²) >= 11 is 0. The zero-order valence-corrected chi connectivity index (χ0v) is 14.2. The molecule has 5 heteroatoms. The number of aryl methyl sites for hydroxylation is 1. The second-order valence-corrected chi connectivity index (χ2v) is 6.53. The van der Waals surface area contributed by atoms with Crippen molar-refractivity contribution in [3.05, 3.63) is 82.4 Å². The van der Waals surface area contributed by atoms with Gasteiger partial charge in [0, 0.05) is 5.69 Å². The van der Waals surface area contributed by atoms with Crippen molar-refractivity contribution < 1.29 is 4.74 Å². The van der Waals surface area contributed by atoms with Gasteiger partial charge >= 0.3 is 0 Å². The Kier molecular flexibility index (Phi) is 2.84. The van der Waals surface area contributed by atoms with Gasteiger partial charge in [0.2, 0.25) is 11.8 Å². The van der Waals surface area contributed by atoms with Gasteiger partial charge in [-0.05, 0) is 28.7 Å². The molecule has 1 aliphatic carbocycles. The molecule has 3 aromatic rings. The van der Waals surface area contributed by atoms with E-state index in [-0.39, 0.29) is 5.88 Å². The Balaban J connectivity index is 2.03. The van der Waals surface area contributed by atoms with E-state index in [1.807, 2.05) is 24.3 Å². The highest BCUT2D eigenvalue weighted by Crippen LogP contribution is 2.60. The minimum absolute atomic E-state index is 0.112. The van der Waals surface area contributed by atoms with E-state index in [0.29, 0.717) is 11.5 Å². The van der Waals surface area contributed by atoms with Crippen molar-refractivity contribution in [1.82, 2.24) is 10.2 Å². The quantitative estimate of drug-likeness (QED) is 0.711. The lowest BCUT2D eigenvalue weighted by atomic mass is 9.66. The van der Waals surface area contributed by atoms with Gasteiger partial charge in [0.15, 0.2) is 0 Å². The van der Waals surface area contributed by atoms with E-state index < -0.39 is 5.41 Å². The number of nitrogens with two attached hydrogens (primary N) is 1. The average Bonchev–Trinajstić information content (AvgIpc) is 3.21. The lowest BCUT2D eigenvalue weighted by molar-refractivity contribution is 0.367. The molecule has 0 radical (unpaired) electrons. The van der Waals surface area contributed by atoms with Crippen molar-refractivity contribution >= 4 is 0 Å². The van der Waals surface area contributed by atoms with Gasteiger partial charge in [0.05, 0.1) is 11.0 Å². The second kappa shape index (κ2) is 4.99. The van der Waals surface area contributed by atoms with Crippen LogP contribution < -0.4 is 10.5 Å². The summed E-state index contributed by atoms with van der Waals surface area (Å²) in [4.78, 5) is 0. The highest BCUT2D eigenvalue weighted by atomic mass is 16.5. The Bertz CT molecular complexity index is 1090. The van der Waals surface area contributed by atoms with Gasteiger partial charge in [0.25, 0.3) is 0 Å². The number of nitrogens with zero attached hydrogens (tertiary/aromatic N) is 2. The minimum atomic E-state index is -0.794. The van der Waals surface area contributed by atoms with E-state index in [0.717, 1.165) is 39.9 Å².